The number of hydrogen-bond donors (Lipinski definition) is 1. The lowest BCUT2D eigenvalue weighted by molar-refractivity contribution is 0.0991. The molecule has 0 spiro atoms. The van der Waals surface area contributed by atoms with Crippen molar-refractivity contribution in [3.05, 3.63) is 24.1 Å². The second-order valence-corrected chi connectivity index (χ2v) is 6.39. The van der Waals surface area contributed by atoms with E-state index in [0.29, 0.717) is 36.1 Å². The molecule has 5 nitrogen and oxygen atoms in total. The summed E-state index contributed by atoms with van der Waals surface area (Å²) in [7, 11) is -0.957. The van der Waals surface area contributed by atoms with Gasteiger partial charge in [-0.3, -0.25) is 4.21 Å². The number of benzene rings is 1. The summed E-state index contributed by atoms with van der Waals surface area (Å²) in [6, 6.07) is 5.32. The third-order valence-corrected chi connectivity index (χ3v) is 5.01. The first-order valence-electron chi connectivity index (χ1n) is 6.32. The highest BCUT2D eigenvalue weighted by atomic mass is 32.2. The number of anilines is 1. The number of nitrogens with zero attached hydrogens (tertiary/aromatic N) is 1. The average Bonchev–Trinajstić information content (AvgIpc) is 2.81. The molecular weight excluding hydrogens is 264 g/mol. The Hall–Kier alpha value is -1.40. The summed E-state index contributed by atoms with van der Waals surface area (Å²) >= 11 is 0. The van der Waals surface area contributed by atoms with E-state index >= 15 is 0 Å². The Morgan fingerprint density at radius 3 is 2.95 bits per heavy atom. The number of rotatable bonds is 3. The van der Waals surface area contributed by atoms with Crippen molar-refractivity contribution in [1.82, 2.24) is 4.98 Å². The molecule has 1 atom stereocenters. The second kappa shape index (κ2) is 5.30. The largest absolute Gasteiger partial charge is 0.440 e. The van der Waals surface area contributed by atoms with E-state index in [2.05, 4.69) is 4.98 Å². The van der Waals surface area contributed by atoms with Crippen LogP contribution in [0.3, 0.4) is 0 Å². The fourth-order valence-electron chi connectivity index (χ4n) is 2.23. The number of ether oxygens (including phenoxy) is 1. The molecule has 0 bridgehead atoms. The zero-order valence-corrected chi connectivity index (χ0v) is 11.3. The monoisotopic (exact) mass is 280 g/mol. The standard InChI is InChI=1S/C13H16N2O3S/c14-9-1-2-12-11(7-9)15-13(18-12)8-19(16)10-3-5-17-6-4-10/h1-2,7,10H,3-6,8,14H2. The molecule has 2 N–H and O–H groups in total. The number of oxazole rings is 1. The van der Waals surface area contributed by atoms with Gasteiger partial charge in [-0.05, 0) is 31.0 Å². The normalized spacial score (nSPS) is 18.7. The van der Waals surface area contributed by atoms with Gasteiger partial charge in [-0.2, -0.15) is 0 Å². The Balaban J connectivity index is 1.75. The first-order valence-corrected chi connectivity index (χ1v) is 7.70. The van der Waals surface area contributed by atoms with Gasteiger partial charge >= 0.3 is 0 Å². The highest BCUT2D eigenvalue weighted by molar-refractivity contribution is 7.84. The van der Waals surface area contributed by atoms with Crippen LogP contribution in [-0.2, 0) is 21.3 Å². The molecule has 2 aromatic rings. The van der Waals surface area contributed by atoms with E-state index in [1.54, 1.807) is 18.2 Å². The Kier molecular flexibility index (Phi) is 3.52. The predicted molar refractivity (Wildman–Crippen MR) is 74.1 cm³/mol. The summed E-state index contributed by atoms with van der Waals surface area (Å²) in [6.45, 7) is 1.39. The second-order valence-electron chi connectivity index (χ2n) is 4.67. The van der Waals surface area contributed by atoms with E-state index in [0.717, 1.165) is 18.4 Å². The maximum absolute atomic E-state index is 12.2. The van der Waals surface area contributed by atoms with Crippen molar-refractivity contribution < 1.29 is 13.4 Å². The van der Waals surface area contributed by atoms with Crippen LogP contribution in [0.1, 0.15) is 18.7 Å². The minimum atomic E-state index is -0.957. The van der Waals surface area contributed by atoms with Crippen LogP contribution < -0.4 is 5.73 Å². The molecule has 0 radical (unpaired) electrons. The molecular formula is C13H16N2O3S. The quantitative estimate of drug-likeness (QED) is 0.868. The summed E-state index contributed by atoms with van der Waals surface area (Å²) in [5, 5.41) is 0.189. The maximum Gasteiger partial charge on any atom is 0.208 e. The highest BCUT2D eigenvalue weighted by Crippen LogP contribution is 2.21. The molecule has 2 heterocycles. The summed E-state index contributed by atoms with van der Waals surface area (Å²) in [5.41, 5.74) is 7.76. The zero-order valence-electron chi connectivity index (χ0n) is 10.5. The van der Waals surface area contributed by atoms with Gasteiger partial charge in [0.1, 0.15) is 11.3 Å². The topological polar surface area (TPSA) is 78.3 Å². The van der Waals surface area contributed by atoms with Gasteiger partial charge in [-0.15, -0.1) is 0 Å². The number of fused-ring (bicyclic) bond motifs is 1. The van der Waals surface area contributed by atoms with Crippen LogP contribution in [-0.4, -0.2) is 27.7 Å². The van der Waals surface area contributed by atoms with Crippen molar-refractivity contribution in [1.29, 1.82) is 0 Å². The van der Waals surface area contributed by atoms with Crippen LogP contribution in [0.5, 0.6) is 0 Å². The summed E-state index contributed by atoms with van der Waals surface area (Å²) in [4.78, 5) is 4.34. The summed E-state index contributed by atoms with van der Waals surface area (Å²) in [6.07, 6.45) is 1.69. The molecule has 1 unspecified atom stereocenters. The van der Waals surface area contributed by atoms with Crippen molar-refractivity contribution in [2.24, 2.45) is 0 Å². The number of hydrogen-bond acceptors (Lipinski definition) is 5. The molecule has 0 amide bonds. The fourth-order valence-corrected chi connectivity index (χ4v) is 3.55. The molecule has 1 aromatic heterocycles. The van der Waals surface area contributed by atoms with Crippen LogP contribution in [0, 0.1) is 0 Å². The highest BCUT2D eigenvalue weighted by Gasteiger charge is 2.22. The lowest BCUT2D eigenvalue weighted by Crippen LogP contribution is -2.25. The molecule has 1 aromatic carbocycles. The molecule has 6 heteroatoms. The van der Waals surface area contributed by atoms with Gasteiger partial charge in [0.15, 0.2) is 5.58 Å². The minimum Gasteiger partial charge on any atom is -0.440 e. The van der Waals surface area contributed by atoms with Gasteiger partial charge in [0, 0.05) is 35.0 Å². The van der Waals surface area contributed by atoms with Crippen molar-refractivity contribution in [2.75, 3.05) is 18.9 Å². The Morgan fingerprint density at radius 2 is 2.16 bits per heavy atom. The SMILES string of the molecule is Nc1ccc2oc(CS(=O)C3CCOCC3)nc2c1. The third-order valence-electron chi connectivity index (χ3n) is 3.26. The van der Waals surface area contributed by atoms with E-state index in [1.165, 1.54) is 0 Å². The van der Waals surface area contributed by atoms with Crippen molar-refractivity contribution in [2.45, 2.75) is 23.8 Å². The van der Waals surface area contributed by atoms with E-state index in [4.69, 9.17) is 14.9 Å². The number of nitrogens with two attached hydrogens (primary N) is 1. The predicted octanol–water partition coefficient (Wildman–Crippen LogP) is 1.84. The molecule has 0 aliphatic carbocycles. The first-order chi connectivity index (χ1) is 9.22. The lowest BCUT2D eigenvalue weighted by atomic mass is 10.2. The summed E-state index contributed by atoms with van der Waals surface area (Å²) in [5.74, 6) is 0.879. The molecule has 1 aliphatic rings. The van der Waals surface area contributed by atoms with Gasteiger partial charge < -0.3 is 14.9 Å². The number of aromatic nitrogens is 1. The van der Waals surface area contributed by atoms with E-state index in [-0.39, 0.29) is 5.25 Å². The van der Waals surface area contributed by atoms with Crippen molar-refractivity contribution in [3.63, 3.8) is 0 Å². The number of nitrogen functional groups attached to an aromatic ring is 1. The Bertz CT molecular complexity index is 605. The smallest absolute Gasteiger partial charge is 0.208 e. The van der Waals surface area contributed by atoms with Gasteiger partial charge in [0.05, 0.1) is 0 Å². The third kappa shape index (κ3) is 2.79. The maximum atomic E-state index is 12.2. The summed E-state index contributed by atoms with van der Waals surface area (Å²) < 4.78 is 23.1. The van der Waals surface area contributed by atoms with Crippen LogP contribution >= 0.6 is 0 Å². The van der Waals surface area contributed by atoms with Crippen molar-refractivity contribution in [3.8, 4) is 0 Å². The molecule has 1 fully saturated rings. The Labute approximate surface area is 113 Å². The molecule has 19 heavy (non-hydrogen) atoms. The van der Waals surface area contributed by atoms with E-state index in [9.17, 15) is 4.21 Å². The first kappa shape index (κ1) is 12.6. The average molecular weight is 280 g/mol. The van der Waals surface area contributed by atoms with E-state index in [1.807, 2.05) is 0 Å². The molecule has 1 aliphatic heterocycles. The van der Waals surface area contributed by atoms with Gasteiger partial charge in [-0.1, -0.05) is 0 Å². The minimum absolute atomic E-state index is 0.189. The van der Waals surface area contributed by atoms with E-state index < -0.39 is 10.8 Å². The van der Waals surface area contributed by atoms with Crippen molar-refractivity contribution >= 4 is 27.6 Å². The molecule has 3 rings (SSSR count). The Morgan fingerprint density at radius 1 is 1.37 bits per heavy atom. The van der Waals surface area contributed by atoms with Gasteiger partial charge in [0.25, 0.3) is 0 Å². The lowest BCUT2D eigenvalue weighted by Gasteiger charge is -2.20. The van der Waals surface area contributed by atoms with Crippen LogP contribution in [0.25, 0.3) is 11.1 Å². The van der Waals surface area contributed by atoms with Crippen LogP contribution in [0.2, 0.25) is 0 Å². The zero-order chi connectivity index (χ0) is 13.2. The molecule has 1 saturated heterocycles. The fraction of sp³-hybridized carbons (Fsp3) is 0.462. The molecule has 0 saturated carbocycles. The van der Waals surface area contributed by atoms with Crippen LogP contribution in [0.4, 0.5) is 5.69 Å². The van der Waals surface area contributed by atoms with Crippen LogP contribution in [0.15, 0.2) is 22.6 Å². The molecule has 102 valence electrons. The van der Waals surface area contributed by atoms with Gasteiger partial charge in [-0.25, -0.2) is 4.98 Å². The van der Waals surface area contributed by atoms with Gasteiger partial charge in [0.2, 0.25) is 5.89 Å².